The van der Waals surface area contributed by atoms with Crippen LogP contribution in [0, 0.1) is 5.92 Å². The van der Waals surface area contributed by atoms with Gasteiger partial charge in [-0.1, -0.05) is 30.4 Å². The maximum Gasteiger partial charge on any atom is 0.350 e. The van der Waals surface area contributed by atoms with Crippen LogP contribution in [-0.4, -0.2) is 26.8 Å². The Morgan fingerprint density at radius 2 is 1.96 bits per heavy atom. The van der Waals surface area contributed by atoms with Gasteiger partial charge in [-0.05, 0) is 44.2 Å². The second kappa shape index (κ2) is 7.32. The first kappa shape index (κ1) is 16.8. The van der Waals surface area contributed by atoms with Gasteiger partial charge < -0.3 is 5.32 Å². The van der Waals surface area contributed by atoms with Crippen LogP contribution in [0.3, 0.4) is 0 Å². The van der Waals surface area contributed by atoms with Crippen molar-refractivity contribution in [3.05, 3.63) is 58.8 Å². The molecule has 1 fully saturated rings. The summed E-state index contributed by atoms with van der Waals surface area (Å²) in [5.41, 5.74) is 0.719. The first-order valence-electron chi connectivity index (χ1n) is 9.42. The van der Waals surface area contributed by atoms with E-state index in [1.54, 1.807) is 4.57 Å². The molecule has 6 heteroatoms. The van der Waals surface area contributed by atoms with Crippen molar-refractivity contribution in [3.8, 4) is 5.69 Å². The van der Waals surface area contributed by atoms with Crippen molar-refractivity contribution >= 4 is 5.91 Å². The van der Waals surface area contributed by atoms with Crippen LogP contribution in [0.2, 0.25) is 0 Å². The van der Waals surface area contributed by atoms with Crippen LogP contribution < -0.4 is 11.0 Å². The molecule has 0 radical (unpaired) electrons. The molecule has 6 nitrogen and oxygen atoms in total. The van der Waals surface area contributed by atoms with Gasteiger partial charge in [0.15, 0.2) is 0 Å². The smallest absolute Gasteiger partial charge is 0.350 e. The summed E-state index contributed by atoms with van der Waals surface area (Å²) < 4.78 is 3.20. The zero-order valence-corrected chi connectivity index (χ0v) is 14.8. The first-order chi connectivity index (χ1) is 12.7. The normalized spacial score (nSPS) is 19.5. The molecule has 2 aliphatic rings. The van der Waals surface area contributed by atoms with Crippen molar-refractivity contribution in [3.63, 3.8) is 0 Å². The molecule has 4 rings (SSSR count). The van der Waals surface area contributed by atoms with E-state index in [4.69, 9.17) is 0 Å². The molecule has 1 saturated carbocycles. The Morgan fingerprint density at radius 3 is 2.65 bits per heavy atom. The van der Waals surface area contributed by atoms with E-state index in [0.29, 0.717) is 19.0 Å². The molecule has 0 spiro atoms. The number of hydrogen-bond donors (Lipinski definition) is 1. The Hall–Kier alpha value is -2.63. The number of para-hydroxylation sites is 1. The number of aromatic nitrogens is 3. The Balaban J connectivity index is 1.46. The summed E-state index contributed by atoms with van der Waals surface area (Å²) in [4.78, 5) is 25.1. The second-order valence-electron chi connectivity index (χ2n) is 7.08. The highest BCUT2D eigenvalue weighted by Crippen LogP contribution is 2.39. The van der Waals surface area contributed by atoms with Crippen LogP contribution in [0.1, 0.15) is 43.8 Å². The van der Waals surface area contributed by atoms with E-state index in [2.05, 4.69) is 22.6 Å². The molecule has 1 aromatic heterocycles. The maximum absolute atomic E-state index is 12.8. The Kier molecular flexibility index (Phi) is 4.73. The van der Waals surface area contributed by atoms with Crippen molar-refractivity contribution < 1.29 is 4.79 Å². The van der Waals surface area contributed by atoms with Crippen LogP contribution in [0.5, 0.6) is 0 Å². The third kappa shape index (κ3) is 3.49. The molecule has 1 atom stereocenters. The average molecular weight is 352 g/mol. The summed E-state index contributed by atoms with van der Waals surface area (Å²) in [6.07, 6.45) is 9.02. The van der Waals surface area contributed by atoms with E-state index in [9.17, 15) is 9.59 Å². The van der Waals surface area contributed by atoms with Gasteiger partial charge in [0, 0.05) is 18.4 Å². The van der Waals surface area contributed by atoms with Gasteiger partial charge in [-0.2, -0.15) is 5.10 Å². The fourth-order valence-electron chi connectivity index (χ4n) is 3.46. The SMILES string of the molecule is O=C(NCCn1nc(C2CC2)n(-c2ccccc2)c1=O)C1CC=CCC1. The lowest BCUT2D eigenvalue weighted by molar-refractivity contribution is -0.125. The zero-order chi connectivity index (χ0) is 17.9. The van der Waals surface area contributed by atoms with E-state index in [1.807, 2.05) is 30.3 Å². The molecule has 1 heterocycles. The van der Waals surface area contributed by atoms with E-state index in [0.717, 1.165) is 43.6 Å². The van der Waals surface area contributed by atoms with Crippen LogP contribution in [0.4, 0.5) is 0 Å². The topological polar surface area (TPSA) is 68.9 Å². The third-order valence-corrected chi connectivity index (χ3v) is 5.08. The van der Waals surface area contributed by atoms with Gasteiger partial charge in [-0.15, -0.1) is 0 Å². The number of benzene rings is 1. The van der Waals surface area contributed by atoms with E-state index in [-0.39, 0.29) is 17.5 Å². The molecular weight excluding hydrogens is 328 g/mol. The molecule has 136 valence electrons. The van der Waals surface area contributed by atoms with Crippen molar-refractivity contribution in [2.45, 2.75) is 44.6 Å². The summed E-state index contributed by atoms with van der Waals surface area (Å²) in [5, 5.41) is 7.52. The number of hydrogen-bond acceptors (Lipinski definition) is 3. The lowest BCUT2D eigenvalue weighted by atomic mass is 9.94. The Morgan fingerprint density at radius 1 is 1.15 bits per heavy atom. The predicted octanol–water partition coefficient (Wildman–Crippen LogP) is 2.38. The third-order valence-electron chi connectivity index (χ3n) is 5.08. The number of allylic oxidation sites excluding steroid dienone is 2. The number of carbonyl (C=O) groups is 1. The Bertz CT molecular complexity index is 862. The monoisotopic (exact) mass is 352 g/mol. The average Bonchev–Trinajstić information content (AvgIpc) is 3.48. The summed E-state index contributed by atoms with van der Waals surface area (Å²) in [6.45, 7) is 0.821. The van der Waals surface area contributed by atoms with Crippen LogP contribution in [0.15, 0.2) is 47.3 Å². The largest absolute Gasteiger partial charge is 0.354 e. The maximum atomic E-state index is 12.8. The minimum absolute atomic E-state index is 0.0561. The van der Waals surface area contributed by atoms with Gasteiger partial charge >= 0.3 is 5.69 Å². The molecule has 2 aliphatic carbocycles. The van der Waals surface area contributed by atoms with E-state index in [1.165, 1.54) is 4.68 Å². The highest BCUT2D eigenvalue weighted by atomic mass is 16.2. The molecular formula is C20H24N4O2. The standard InChI is InChI=1S/C20H24N4O2/c25-19(16-7-3-1-4-8-16)21-13-14-23-20(26)24(17-9-5-2-6-10-17)18(22-23)15-11-12-15/h1-3,5-6,9-10,15-16H,4,7-8,11-14H2,(H,21,25). The number of carbonyl (C=O) groups excluding carboxylic acids is 1. The summed E-state index contributed by atoms with van der Waals surface area (Å²) in [5.74, 6) is 1.34. The van der Waals surface area contributed by atoms with E-state index < -0.39 is 0 Å². The lowest BCUT2D eigenvalue weighted by Gasteiger charge is -2.16. The molecule has 1 N–H and O–H groups in total. The second-order valence-corrected chi connectivity index (χ2v) is 7.08. The first-order valence-corrected chi connectivity index (χ1v) is 9.42. The van der Waals surface area contributed by atoms with Gasteiger partial charge in [-0.25, -0.2) is 14.0 Å². The molecule has 1 aromatic carbocycles. The summed E-state index contributed by atoms with van der Waals surface area (Å²) >= 11 is 0. The quantitative estimate of drug-likeness (QED) is 0.812. The highest BCUT2D eigenvalue weighted by molar-refractivity contribution is 5.78. The van der Waals surface area contributed by atoms with Crippen LogP contribution >= 0.6 is 0 Å². The fourth-order valence-corrected chi connectivity index (χ4v) is 3.46. The minimum Gasteiger partial charge on any atom is -0.354 e. The number of amides is 1. The molecule has 2 aromatic rings. The summed E-state index contributed by atoms with van der Waals surface area (Å²) in [6, 6.07) is 9.64. The molecule has 1 unspecified atom stereocenters. The summed E-state index contributed by atoms with van der Waals surface area (Å²) in [7, 11) is 0. The number of nitrogens with one attached hydrogen (secondary N) is 1. The van der Waals surface area contributed by atoms with Crippen molar-refractivity contribution in [1.29, 1.82) is 0 Å². The molecule has 26 heavy (non-hydrogen) atoms. The van der Waals surface area contributed by atoms with Gasteiger partial charge in [0.25, 0.3) is 0 Å². The van der Waals surface area contributed by atoms with E-state index >= 15 is 0 Å². The highest BCUT2D eigenvalue weighted by Gasteiger charge is 2.31. The fraction of sp³-hybridized carbons (Fsp3) is 0.450. The molecule has 0 bridgehead atoms. The van der Waals surface area contributed by atoms with Crippen LogP contribution in [0.25, 0.3) is 5.69 Å². The van der Waals surface area contributed by atoms with Gasteiger partial charge in [0.05, 0.1) is 12.2 Å². The zero-order valence-electron chi connectivity index (χ0n) is 14.8. The van der Waals surface area contributed by atoms with Crippen LogP contribution in [-0.2, 0) is 11.3 Å². The minimum atomic E-state index is -0.132. The number of nitrogens with zero attached hydrogens (tertiary/aromatic N) is 3. The van der Waals surface area contributed by atoms with Crippen molar-refractivity contribution in [1.82, 2.24) is 19.7 Å². The molecule has 1 amide bonds. The van der Waals surface area contributed by atoms with Gasteiger partial charge in [-0.3, -0.25) is 4.79 Å². The lowest BCUT2D eigenvalue weighted by Crippen LogP contribution is -2.35. The predicted molar refractivity (Wildman–Crippen MR) is 99.3 cm³/mol. The van der Waals surface area contributed by atoms with Crippen molar-refractivity contribution in [2.24, 2.45) is 5.92 Å². The molecule has 0 saturated heterocycles. The molecule has 0 aliphatic heterocycles. The van der Waals surface area contributed by atoms with Gasteiger partial charge in [0.2, 0.25) is 5.91 Å². The number of rotatable bonds is 6. The van der Waals surface area contributed by atoms with Crippen molar-refractivity contribution in [2.75, 3.05) is 6.54 Å². The van der Waals surface area contributed by atoms with Gasteiger partial charge in [0.1, 0.15) is 5.82 Å². The Labute approximate surface area is 152 Å².